The second-order valence-corrected chi connectivity index (χ2v) is 9.78. The molecule has 0 saturated heterocycles. The first kappa shape index (κ1) is 20.7. The Morgan fingerprint density at radius 3 is 2.03 bits per heavy atom. The fourth-order valence-corrected chi connectivity index (χ4v) is 5.98. The molecule has 0 spiro atoms. The van der Waals surface area contributed by atoms with Crippen molar-refractivity contribution in [3.63, 3.8) is 0 Å². The molecule has 162 valence electrons. The van der Waals surface area contributed by atoms with E-state index in [0.29, 0.717) is 29.9 Å². The molecule has 4 fully saturated rings. The van der Waals surface area contributed by atoms with Gasteiger partial charge in [0.25, 0.3) is 5.91 Å². The molecule has 4 aliphatic carbocycles. The molecule has 0 atom stereocenters. The number of nitrogens with one attached hydrogen (secondary N) is 4. The van der Waals surface area contributed by atoms with Crippen molar-refractivity contribution in [1.29, 1.82) is 0 Å². The van der Waals surface area contributed by atoms with E-state index in [1.54, 1.807) is 24.3 Å². The maximum Gasteiger partial charge on any atom is 0.315 e. The monoisotopic (exact) mass is 412 g/mol. The van der Waals surface area contributed by atoms with Gasteiger partial charge in [-0.25, -0.2) is 4.79 Å². The Bertz CT molecular complexity index is 783. The van der Waals surface area contributed by atoms with Crippen LogP contribution in [-0.4, -0.2) is 23.9 Å². The molecule has 4 bridgehead atoms. The van der Waals surface area contributed by atoms with Crippen molar-refractivity contribution in [2.45, 2.75) is 65.0 Å². The fraction of sp³-hybridized carbons (Fsp3) is 0.609. The molecular formula is C23H32N4O3. The molecule has 1 aromatic carbocycles. The van der Waals surface area contributed by atoms with Crippen molar-refractivity contribution in [1.82, 2.24) is 21.5 Å². The molecule has 4 aliphatic rings. The third-order valence-electron chi connectivity index (χ3n) is 6.90. The van der Waals surface area contributed by atoms with Gasteiger partial charge in [0.2, 0.25) is 5.91 Å². The number of carbonyl (C=O) groups excluding carboxylic acids is 3. The molecule has 1 aromatic rings. The quantitative estimate of drug-likeness (QED) is 0.560. The molecule has 5 rings (SSSR count). The van der Waals surface area contributed by atoms with Crippen LogP contribution in [0.25, 0.3) is 0 Å². The topological polar surface area (TPSA) is 99.3 Å². The van der Waals surface area contributed by atoms with E-state index in [0.717, 1.165) is 24.8 Å². The van der Waals surface area contributed by atoms with E-state index >= 15 is 0 Å². The number of hydrogen-bond acceptors (Lipinski definition) is 3. The van der Waals surface area contributed by atoms with Crippen LogP contribution in [0.2, 0.25) is 0 Å². The van der Waals surface area contributed by atoms with Gasteiger partial charge in [-0.15, -0.1) is 0 Å². The number of hydrazine groups is 1. The highest BCUT2D eigenvalue weighted by Crippen LogP contribution is 2.60. The Morgan fingerprint density at radius 1 is 0.933 bits per heavy atom. The fourth-order valence-electron chi connectivity index (χ4n) is 5.98. The average molecular weight is 413 g/mol. The van der Waals surface area contributed by atoms with Crippen LogP contribution in [0.4, 0.5) is 4.79 Å². The second-order valence-electron chi connectivity index (χ2n) is 9.78. The van der Waals surface area contributed by atoms with Gasteiger partial charge in [-0.1, -0.05) is 12.1 Å². The van der Waals surface area contributed by atoms with Crippen LogP contribution in [0.3, 0.4) is 0 Å². The normalized spacial score (nSPS) is 28.8. The Kier molecular flexibility index (Phi) is 5.71. The molecule has 0 heterocycles. The van der Waals surface area contributed by atoms with Crippen molar-refractivity contribution < 1.29 is 14.4 Å². The summed E-state index contributed by atoms with van der Waals surface area (Å²) in [4.78, 5) is 37.1. The van der Waals surface area contributed by atoms with Crippen molar-refractivity contribution in [3.05, 3.63) is 35.4 Å². The predicted molar refractivity (Wildman–Crippen MR) is 113 cm³/mol. The molecule has 7 heteroatoms. The molecule has 4 amide bonds. The Morgan fingerprint density at radius 2 is 1.50 bits per heavy atom. The SMILES string of the molecule is CC(C)NC(=O)NCc1ccc(C(=O)NNC(=O)C23CC4CC(CC(C4)C2)C3)cc1. The van der Waals surface area contributed by atoms with Gasteiger partial charge in [0.15, 0.2) is 0 Å². The largest absolute Gasteiger partial charge is 0.336 e. The zero-order valence-corrected chi connectivity index (χ0v) is 17.8. The third-order valence-corrected chi connectivity index (χ3v) is 6.90. The van der Waals surface area contributed by atoms with Crippen molar-refractivity contribution in [3.8, 4) is 0 Å². The molecule has 7 nitrogen and oxygen atoms in total. The summed E-state index contributed by atoms with van der Waals surface area (Å²) in [6.07, 6.45) is 6.73. The Hall–Kier alpha value is -2.57. The van der Waals surface area contributed by atoms with Crippen LogP contribution in [0.15, 0.2) is 24.3 Å². The number of hydrogen-bond donors (Lipinski definition) is 4. The summed E-state index contributed by atoms with van der Waals surface area (Å²) >= 11 is 0. The van der Waals surface area contributed by atoms with Gasteiger partial charge in [-0.2, -0.15) is 0 Å². The van der Waals surface area contributed by atoms with E-state index in [1.807, 2.05) is 13.8 Å². The maximum absolute atomic E-state index is 12.9. The minimum Gasteiger partial charge on any atom is -0.336 e. The van der Waals surface area contributed by atoms with Crippen molar-refractivity contribution in [2.75, 3.05) is 0 Å². The van der Waals surface area contributed by atoms with Crippen molar-refractivity contribution in [2.24, 2.45) is 23.2 Å². The van der Waals surface area contributed by atoms with Crippen LogP contribution in [0.5, 0.6) is 0 Å². The van der Waals surface area contributed by atoms with E-state index in [2.05, 4.69) is 21.5 Å². The van der Waals surface area contributed by atoms with E-state index in [1.165, 1.54) is 19.3 Å². The molecule has 4 N–H and O–H groups in total. The summed E-state index contributed by atoms with van der Waals surface area (Å²) in [7, 11) is 0. The summed E-state index contributed by atoms with van der Waals surface area (Å²) in [5.74, 6) is 1.70. The Labute approximate surface area is 177 Å². The van der Waals surface area contributed by atoms with Crippen molar-refractivity contribution >= 4 is 17.8 Å². The van der Waals surface area contributed by atoms with E-state index < -0.39 is 0 Å². The Balaban J connectivity index is 1.27. The standard InChI is InChI=1S/C23H32N4O3/c1-14(2)25-22(30)24-13-15-3-5-19(6-4-15)20(28)26-27-21(29)23-10-16-7-17(11-23)9-18(8-16)12-23/h3-6,14,16-18H,7-13H2,1-2H3,(H,26,28)(H,27,29)(H2,24,25,30). The average Bonchev–Trinajstić information content (AvgIpc) is 2.69. The third kappa shape index (κ3) is 4.45. The first-order valence-electron chi connectivity index (χ1n) is 11.1. The summed E-state index contributed by atoms with van der Waals surface area (Å²) < 4.78 is 0. The van der Waals surface area contributed by atoms with Crippen LogP contribution < -0.4 is 21.5 Å². The predicted octanol–water partition coefficient (Wildman–Crippen LogP) is 2.87. The first-order valence-corrected chi connectivity index (χ1v) is 11.1. The summed E-state index contributed by atoms with van der Waals surface area (Å²) in [5, 5.41) is 5.54. The van der Waals surface area contributed by atoms with Gasteiger partial charge in [0.05, 0.1) is 5.41 Å². The second kappa shape index (κ2) is 8.28. The van der Waals surface area contributed by atoms with Gasteiger partial charge in [-0.3, -0.25) is 20.4 Å². The highest BCUT2D eigenvalue weighted by molar-refractivity contribution is 5.96. The summed E-state index contributed by atoms with van der Waals surface area (Å²) in [6, 6.07) is 6.84. The van der Waals surface area contributed by atoms with Gasteiger partial charge >= 0.3 is 6.03 Å². The maximum atomic E-state index is 12.9. The lowest BCUT2D eigenvalue weighted by Gasteiger charge is -2.55. The zero-order chi connectivity index (χ0) is 21.3. The number of rotatable bonds is 5. The highest BCUT2D eigenvalue weighted by atomic mass is 16.2. The minimum absolute atomic E-state index is 0.0214. The van der Waals surface area contributed by atoms with E-state index in [-0.39, 0.29) is 29.3 Å². The lowest BCUT2D eigenvalue weighted by Crippen LogP contribution is -2.56. The molecule has 30 heavy (non-hydrogen) atoms. The van der Waals surface area contributed by atoms with Gasteiger partial charge in [0, 0.05) is 18.2 Å². The number of amides is 4. The lowest BCUT2D eigenvalue weighted by molar-refractivity contribution is -0.147. The van der Waals surface area contributed by atoms with Gasteiger partial charge < -0.3 is 10.6 Å². The summed E-state index contributed by atoms with van der Waals surface area (Å²) in [6.45, 7) is 4.17. The molecule has 0 radical (unpaired) electrons. The minimum atomic E-state index is -0.329. The van der Waals surface area contributed by atoms with Crippen LogP contribution in [-0.2, 0) is 11.3 Å². The zero-order valence-electron chi connectivity index (χ0n) is 17.8. The number of carbonyl (C=O) groups is 3. The lowest BCUT2D eigenvalue weighted by atomic mass is 9.49. The molecular weight excluding hydrogens is 380 g/mol. The first-order chi connectivity index (χ1) is 14.3. The summed E-state index contributed by atoms with van der Waals surface area (Å²) in [5.41, 5.74) is 6.38. The van der Waals surface area contributed by atoms with Crippen LogP contribution >= 0.6 is 0 Å². The molecule has 0 unspecified atom stereocenters. The van der Waals surface area contributed by atoms with E-state index in [4.69, 9.17) is 0 Å². The van der Waals surface area contributed by atoms with E-state index in [9.17, 15) is 14.4 Å². The van der Waals surface area contributed by atoms with Crippen LogP contribution in [0, 0.1) is 23.2 Å². The molecule has 4 saturated carbocycles. The smallest absolute Gasteiger partial charge is 0.315 e. The molecule has 0 aliphatic heterocycles. The molecule has 0 aromatic heterocycles. The number of urea groups is 1. The van der Waals surface area contributed by atoms with Gasteiger partial charge in [-0.05, 0) is 87.8 Å². The van der Waals surface area contributed by atoms with Crippen LogP contribution in [0.1, 0.15) is 68.3 Å². The van der Waals surface area contributed by atoms with Gasteiger partial charge in [0.1, 0.15) is 0 Å². The number of benzene rings is 1. The highest BCUT2D eigenvalue weighted by Gasteiger charge is 2.54.